The fraction of sp³-hybridized carbons (Fsp3) is 0.467. The summed E-state index contributed by atoms with van der Waals surface area (Å²) in [5, 5.41) is 3.97. The molecular weight excluding hydrogens is 336 g/mol. The van der Waals surface area contributed by atoms with Gasteiger partial charge in [0.05, 0.1) is 24.4 Å². The first-order chi connectivity index (χ1) is 10.2. The van der Waals surface area contributed by atoms with Gasteiger partial charge < -0.3 is 9.47 Å². The van der Waals surface area contributed by atoms with Gasteiger partial charge in [-0.2, -0.15) is 5.10 Å². The Morgan fingerprint density at radius 2 is 2.29 bits per heavy atom. The van der Waals surface area contributed by atoms with Crippen LogP contribution in [-0.2, 0) is 4.79 Å². The van der Waals surface area contributed by atoms with E-state index in [9.17, 15) is 4.79 Å². The summed E-state index contributed by atoms with van der Waals surface area (Å²) in [6, 6.07) is 3.70. The zero-order valence-corrected chi connectivity index (χ0v) is 13.8. The zero-order valence-electron chi connectivity index (χ0n) is 12.2. The number of halogens is 1. The number of hydrazone groups is 1. The van der Waals surface area contributed by atoms with Gasteiger partial charge in [0, 0.05) is 5.92 Å². The Morgan fingerprint density at radius 3 is 2.90 bits per heavy atom. The molecule has 1 aliphatic rings. The molecule has 1 saturated carbocycles. The van der Waals surface area contributed by atoms with Crippen LogP contribution in [0, 0.1) is 5.92 Å². The molecule has 2 rings (SSSR count). The van der Waals surface area contributed by atoms with E-state index in [1.807, 2.05) is 19.1 Å². The predicted octanol–water partition coefficient (Wildman–Crippen LogP) is 3.11. The van der Waals surface area contributed by atoms with Crippen molar-refractivity contribution in [2.75, 3.05) is 13.7 Å². The summed E-state index contributed by atoms with van der Waals surface area (Å²) in [7, 11) is 1.59. The second-order valence-corrected chi connectivity index (χ2v) is 5.75. The molecule has 1 aromatic rings. The fourth-order valence-corrected chi connectivity index (χ4v) is 2.34. The van der Waals surface area contributed by atoms with Gasteiger partial charge >= 0.3 is 0 Å². The molecule has 1 aliphatic carbocycles. The Hall–Kier alpha value is -1.56. The first-order valence-corrected chi connectivity index (χ1v) is 7.78. The topological polar surface area (TPSA) is 59.9 Å². The van der Waals surface area contributed by atoms with Crippen molar-refractivity contribution in [1.82, 2.24) is 5.43 Å². The minimum atomic E-state index is -0.0137. The monoisotopic (exact) mass is 354 g/mol. The molecule has 6 heteroatoms. The average Bonchev–Trinajstić information content (AvgIpc) is 3.30. The maximum atomic E-state index is 11.5. The Balaban J connectivity index is 2.07. The third-order valence-corrected chi connectivity index (χ3v) is 3.63. The lowest BCUT2D eigenvalue weighted by Crippen LogP contribution is -2.18. The summed E-state index contributed by atoms with van der Waals surface area (Å²) in [5.74, 6) is 1.44. The predicted molar refractivity (Wildman–Crippen MR) is 84.9 cm³/mol. The molecule has 0 aromatic heterocycles. The van der Waals surface area contributed by atoms with Crippen LogP contribution < -0.4 is 14.9 Å². The van der Waals surface area contributed by atoms with Crippen LogP contribution in [0.4, 0.5) is 0 Å². The summed E-state index contributed by atoms with van der Waals surface area (Å²) in [6.07, 6.45) is 4.44. The van der Waals surface area contributed by atoms with Crippen molar-refractivity contribution in [2.24, 2.45) is 11.0 Å². The molecule has 0 spiro atoms. The van der Waals surface area contributed by atoms with Crippen molar-refractivity contribution in [2.45, 2.75) is 26.2 Å². The maximum absolute atomic E-state index is 11.5. The van der Waals surface area contributed by atoms with E-state index in [0.717, 1.165) is 29.3 Å². The van der Waals surface area contributed by atoms with E-state index >= 15 is 0 Å². The van der Waals surface area contributed by atoms with Crippen molar-refractivity contribution in [3.63, 3.8) is 0 Å². The number of hydrogen-bond donors (Lipinski definition) is 1. The van der Waals surface area contributed by atoms with Gasteiger partial charge in [-0.15, -0.1) is 0 Å². The van der Waals surface area contributed by atoms with Crippen LogP contribution in [-0.4, -0.2) is 25.8 Å². The molecule has 0 radical (unpaired) electrons. The molecule has 5 nitrogen and oxygen atoms in total. The SMILES string of the molecule is CCCOc1c(Br)cc(C=NNC(=O)C2CC2)cc1OC. The van der Waals surface area contributed by atoms with Crippen LogP contribution in [0.25, 0.3) is 0 Å². The number of nitrogens with one attached hydrogen (secondary N) is 1. The number of carbonyl (C=O) groups is 1. The molecule has 0 unspecified atom stereocenters. The molecule has 0 saturated heterocycles. The number of rotatable bonds is 7. The van der Waals surface area contributed by atoms with Crippen molar-refractivity contribution in [3.05, 3.63) is 22.2 Å². The van der Waals surface area contributed by atoms with Crippen LogP contribution >= 0.6 is 15.9 Å². The lowest BCUT2D eigenvalue weighted by atomic mass is 10.2. The summed E-state index contributed by atoms with van der Waals surface area (Å²) >= 11 is 3.47. The van der Waals surface area contributed by atoms with Gasteiger partial charge in [-0.1, -0.05) is 6.92 Å². The van der Waals surface area contributed by atoms with E-state index in [1.165, 1.54) is 0 Å². The third kappa shape index (κ3) is 4.46. The average molecular weight is 355 g/mol. The molecule has 0 aliphatic heterocycles. The lowest BCUT2D eigenvalue weighted by Gasteiger charge is -2.12. The molecule has 1 amide bonds. The zero-order chi connectivity index (χ0) is 15.2. The molecule has 0 atom stereocenters. The maximum Gasteiger partial charge on any atom is 0.243 e. The minimum absolute atomic E-state index is 0.0137. The highest BCUT2D eigenvalue weighted by Gasteiger charge is 2.29. The molecule has 0 heterocycles. The highest BCUT2D eigenvalue weighted by atomic mass is 79.9. The van der Waals surface area contributed by atoms with Crippen LogP contribution in [0.15, 0.2) is 21.7 Å². The summed E-state index contributed by atoms with van der Waals surface area (Å²) in [4.78, 5) is 11.5. The summed E-state index contributed by atoms with van der Waals surface area (Å²) in [6.45, 7) is 2.67. The number of amides is 1. The Labute approximate surface area is 132 Å². The molecule has 1 aromatic carbocycles. The molecule has 1 N–H and O–H groups in total. The Morgan fingerprint density at radius 1 is 1.52 bits per heavy atom. The first kappa shape index (κ1) is 15.8. The van der Waals surface area contributed by atoms with Crippen LogP contribution in [0.5, 0.6) is 11.5 Å². The van der Waals surface area contributed by atoms with Gasteiger partial charge in [0.1, 0.15) is 0 Å². The number of benzene rings is 1. The summed E-state index contributed by atoms with van der Waals surface area (Å²) in [5.41, 5.74) is 3.36. The van der Waals surface area contributed by atoms with Gasteiger partial charge in [0.2, 0.25) is 5.91 Å². The van der Waals surface area contributed by atoms with Crippen LogP contribution in [0.3, 0.4) is 0 Å². The van der Waals surface area contributed by atoms with Gasteiger partial charge in [-0.3, -0.25) is 4.79 Å². The van der Waals surface area contributed by atoms with E-state index in [1.54, 1.807) is 13.3 Å². The number of hydrogen-bond acceptors (Lipinski definition) is 4. The number of carbonyl (C=O) groups excluding carboxylic acids is 1. The lowest BCUT2D eigenvalue weighted by molar-refractivity contribution is -0.122. The van der Waals surface area contributed by atoms with Gasteiger partial charge in [0.25, 0.3) is 0 Å². The van der Waals surface area contributed by atoms with E-state index < -0.39 is 0 Å². The summed E-state index contributed by atoms with van der Waals surface area (Å²) < 4.78 is 11.8. The third-order valence-electron chi connectivity index (χ3n) is 3.04. The normalized spacial score (nSPS) is 14.2. The molecule has 21 heavy (non-hydrogen) atoms. The van der Waals surface area contributed by atoms with Crippen molar-refractivity contribution in [3.8, 4) is 11.5 Å². The highest BCUT2D eigenvalue weighted by Crippen LogP contribution is 2.36. The van der Waals surface area contributed by atoms with Crippen molar-refractivity contribution in [1.29, 1.82) is 0 Å². The van der Waals surface area contributed by atoms with Crippen molar-refractivity contribution < 1.29 is 14.3 Å². The molecular formula is C15H19BrN2O3. The van der Waals surface area contributed by atoms with E-state index in [4.69, 9.17) is 9.47 Å². The highest BCUT2D eigenvalue weighted by molar-refractivity contribution is 9.10. The van der Waals surface area contributed by atoms with E-state index in [2.05, 4.69) is 26.5 Å². The smallest absolute Gasteiger partial charge is 0.243 e. The minimum Gasteiger partial charge on any atom is -0.493 e. The largest absolute Gasteiger partial charge is 0.493 e. The Bertz CT molecular complexity index is 542. The van der Waals surface area contributed by atoms with Gasteiger partial charge in [0.15, 0.2) is 11.5 Å². The quantitative estimate of drug-likeness (QED) is 0.604. The fourth-order valence-electron chi connectivity index (χ4n) is 1.77. The Kier molecular flexibility index (Phi) is 5.61. The molecule has 1 fully saturated rings. The van der Waals surface area contributed by atoms with Gasteiger partial charge in [-0.25, -0.2) is 5.43 Å². The van der Waals surface area contributed by atoms with Crippen LogP contribution in [0.1, 0.15) is 31.7 Å². The number of nitrogens with zero attached hydrogens (tertiary/aromatic N) is 1. The second kappa shape index (κ2) is 7.45. The molecule has 0 bridgehead atoms. The van der Waals surface area contributed by atoms with Crippen molar-refractivity contribution >= 4 is 28.1 Å². The second-order valence-electron chi connectivity index (χ2n) is 4.89. The number of ether oxygens (including phenoxy) is 2. The standard InChI is InChI=1S/C15H19BrN2O3/c1-3-6-21-14-12(16)7-10(8-13(14)20-2)9-17-18-15(19)11-4-5-11/h7-9,11H,3-6H2,1-2H3,(H,18,19). The molecule has 114 valence electrons. The van der Waals surface area contributed by atoms with E-state index in [-0.39, 0.29) is 11.8 Å². The van der Waals surface area contributed by atoms with Gasteiger partial charge in [-0.05, 0) is 52.9 Å². The van der Waals surface area contributed by atoms with E-state index in [0.29, 0.717) is 18.1 Å². The number of methoxy groups -OCH3 is 1. The first-order valence-electron chi connectivity index (χ1n) is 6.99. The van der Waals surface area contributed by atoms with Crippen LogP contribution in [0.2, 0.25) is 0 Å².